The van der Waals surface area contributed by atoms with Crippen molar-refractivity contribution < 1.29 is 9.90 Å². The fourth-order valence-electron chi connectivity index (χ4n) is 2.30. The number of hydrogen-bond donors (Lipinski definition) is 1. The lowest BCUT2D eigenvalue weighted by Gasteiger charge is -2.15. The van der Waals surface area contributed by atoms with Gasteiger partial charge in [-0.25, -0.2) is 4.68 Å². The first kappa shape index (κ1) is 10.7. The topological polar surface area (TPSA) is 80.9 Å². The maximum absolute atomic E-state index is 10.9. The second-order valence-corrected chi connectivity index (χ2v) is 5.19. The van der Waals surface area contributed by atoms with Crippen LogP contribution in [0.1, 0.15) is 44.0 Å². The Kier molecular flexibility index (Phi) is 2.57. The molecule has 0 aromatic carbocycles. The summed E-state index contributed by atoms with van der Waals surface area (Å²) in [6.07, 6.45) is 5.73. The van der Waals surface area contributed by atoms with E-state index in [0.717, 1.165) is 25.1 Å². The number of carboxylic acid groups (broad SMARTS) is 1. The molecule has 2 saturated carbocycles. The van der Waals surface area contributed by atoms with Gasteiger partial charge in [-0.15, -0.1) is 5.10 Å². The third kappa shape index (κ3) is 2.45. The molecule has 0 bridgehead atoms. The minimum atomic E-state index is -0.769. The Morgan fingerprint density at radius 1 is 1.41 bits per heavy atom. The first-order chi connectivity index (χ1) is 8.24. The number of hydrogen-bond acceptors (Lipinski definition) is 4. The van der Waals surface area contributed by atoms with Gasteiger partial charge >= 0.3 is 5.97 Å². The zero-order valence-corrected chi connectivity index (χ0v) is 9.62. The minimum Gasteiger partial charge on any atom is -0.481 e. The molecule has 0 aliphatic heterocycles. The molecule has 6 nitrogen and oxygen atoms in total. The van der Waals surface area contributed by atoms with Gasteiger partial charge in [0.2, 0.25) is 0 Å². The van der Waals surface area contributed by atoms with E-state index in [4.69, 9.17) is 5.11 Å². The molecule has 0 amide bonds. The van der Waals surface area contributed by atoms with Gasteiger partial charge in [0.1, 0.15) is 0 Å². The van der Waals surface area contributed by atoms with Crippen LogP contribution in [0.3, 0.4) is 0 Å². The molecule has 1 N–H and O–H groups in total. The lowest BCUT2D eigenvalue weighted by atomic mass is 10.1. The summed E-state index contributed by atoms with van der Waals surface area (Å²) >= 11 is 0. The Labute approximate surface area is 99.0 Å². The summed E-state index contributed by atoms with van der Waals surface area (Å²) < 4.78 is 1.77. The number of rotatable bonds is 6. The molecule has 2 fully saturated rings. The van der Waals surface area contributed by atoms with Gasteiger partial charge in [-0.3, -0.25) is 4.79 Å². The molecule has 1 aromatic rings. The Bertz CT molecular complexity index is 423. The van der Waals surface area contributed by atoms with Gasteiger partial charge in [-0.1, -0.05) is 0 Å². The molecular formula is C11H16N4O2. The van der Waals surface area contributed by atoms with Crippen LogP contribution >= 0.6 is 0 Å². The van der Waals surface area contributed by atoms with Crippen molar-refractivity contribution in [3.05, 3.63) is 5.82 Å². The van der Waals surface area contributed by atoms with Crippen molar-refractivity contribution in [3.8, 4) is 0 Å². The number of aliphatic carboxylic acids is 1. The third-order valence-electron chi connectivity index (χ3n) is 3.59. The predicted molar refractivity (Wildman–Crippen MR) is 58.3 cm³/mol. The molecule has 1 heterocycles. The van der Waals surface area contributed by atoms with Crippen LogP contribution in [0.15, 0.2) is 0 Å². The van der Waals surface area contributed by atoms with Crippen LogP contribution in [0.4, 0.5) is 0 Å². The van der Waals surface area contributed by atoms with Gasteiger partial charge in [-0.2, -0.15) is 0 Å². The van der Waals surface area contributed by atoms with Gasteiger partial charge < -0.3 is 5.11 Å². The zero-order chi connectivity index (χ0) is 11.8. The molecule has 2 aliphatic carbocycles. The summed E-state index contributed by atoms with van der Waals surface area (Å²) in [5.41, 5.74) is 0. The molecule has 0 radical (unpaired) electrons. The standard InChI is InChI=1S/C11H16N4O2/c16-11(17)6-9(8-3-4-8)15-10(12-13-14-15)5-7-1-2-7/h7-9H,1-6H2,(H,16,17). The minimum absolute atomic E-state index is 0.0451. The molecule has 6 heteroatoms. The smallest absolute Gasteiger partial charge is 0.305 e. The summed E-state index contributed by atoms with van der Waals surface area (Å²) in [6, 6.07) is -0.0451. The molecule has 1 unspecified atom stereocenters. The van der Waals surface area contributed by atoms with Crippen LogP contribution in [0.5, 0.6) is 0 Å². The number of nitrogens with zero attached hydrogens (tertiary/aromatic N) is 4. The first-order valence-electron chi connectivity index (χ1n) is 6.22. The third-order valence-corrected chi connectivity index (χ3v) is 3.59. The average molecular weight is 236 g/mol. The monoisotopic (exact) mass is 236 g/mol. The van der Waals surface area contributed by atoms with Crippen molar-refractivity contribution in [2.75, 3.05) is 0 Å². The predicted octanol–water partition coefficient (Wildman–Crippen LogP) is 1.05. The number of tetrazole rings is 1. The van der Waals surface area contributed by atoms with E-state index in [1.165, 1.54) is 12.8 Å². The van der Waals surface area contributed by atoms with E-state index < -0.39 is 5.97 Å². The molecule has 0 saturated heterocycles. The number of carbonyl (C=O) groups is 1. The van der Waals surface area contributed by atoms with E-state index in [1.807, 2.05) is 0 Å². The summed E-state index contributed by atoms with van der Waals surface area (Å²) in [6.45, 7) is 0. The van der Waals surface area contributed by atoms with Crippen LogP contribution < -0.4 is 0 Å². The quantitative estimate of drug-likeness (QED) is 0.798. The zero-order valence-electron chi connectivity index (χ0n) is 9.62. The Hall–Kier alpha value is -1.46. The van der Waals surface area contributed by atoms with Crippen LogP contribution in [0, 0.1) is 11.8 Å². The first-order valence-corrected chi connectivity index (χ1v) is 6.22. The molecule has 2 aliphatic rings. The number of aromatic nitrogens is 4. The van der Waals surface area contributed by atoms with E-state index >= 15 is 0 Å². The van der Waals surface area contributed by atoms with Gasteiger partial charge in [0.15, 0.2) is 5.82 Å². The highest BCUT2D eigenvalue weighted by molar-refractivity contribution is 5.67. The van der Waals surface area contributed by atoms with E-state index in [1.54, 1.807) is 4.68 Å². The molecule has 1 aromatic heterocycles. The van der Waals surface area contributed by atoms with Gasteiger partial charge in [-0.05, 0) is 47.9 Å². The van der Waals surface area contributed by atoms with Crippen molar-refractivity contribution in [1.29, 1.82) is 0 Å². The second kappa shape index (κ2) is 4.09. The van der Waals surface area contributed by atoms with Crippen molar-refractivity contribution >= 4 is 5.97 Å². The van der Waals surface area contributed by atoms with Crippen molar-refractivity contribution in [2.24, 2.45) is 11.8 Å². The summed E-state index contributed by atoms with van der Waals surface area (Å²) in [5, 5.41) is 20.7. The molecular weight excluding hydrogens is 220 g/mol. The molecule has 17 heavy (non-hydrogen) atoms. The average Bonchev–Trinajstić information content (AvgIpc) is 3.14. The highest BCUT2D eigenvalue weighted by Crippen LogP contribution is 2.42. The summed E-state index contributed by atoms with van der Waals surface area (Å²) in [7, 11) is 0. The maximum Gasteiger partial charge on any atom is 0.305 e. The normalized spacial score (nSPS) is 21.4. The Morgan fingerprint density at radius 2 is 2.18 bits per heavy atom. The van der Waals surface area contributed by atoms with Crippen LogP contribution in [-0.4, -0.2) is 31.3 Å². The SMILES string of the molecule is O=C(O)CC(C1CC1)n1nnnc1CC1CC1. The van der Waals surface area contributed by atoms with Crippen LogP contribution in [-0.2, 0) is 11.2 Å². The van der Waals surface area contributed by atoms with Crippen LogP contribution in [0.25, 0.3) is 0 Å². The number of carboxylic acids is 1. The molecule has 3 rings (SSSR count). The van der Waals surface area contributed by atoms with Crippen molar-refractivity contribution in [1.82, 2.24) is 20.2 Å². The largest absolute Gasteiger partial charge is 0.481 e. The Morgan fingerprint density at radius 3 is 2.76 bits per heavy atom. The summed E-state index contributed by atoms with van der Waals surface area (Å²) in [4.78, 5) is 10.9. The summed E-state index contributed by atoms with van der Waals surface area (Å²) in [5.74, 6) is 1.26. The van der Waals surface area contributed by atoms with E-state index in [0.29, 0.717) is 11.8 Å². The van der Waals surface area contributed by atoms with Gasteiger partial charge in [0.25, 0.3) is 0 Å². The second-order valence-electron chi connectivity index (χ2n) is 5.19. The molecule has 92 valence electrons. The van der Waals surface area contributed by atoms with Gasteiger partial charge in [0.05, 0.1) is 12.5 Å². The highest BCUT2D eigenvalue weighted by atomic mass is 16.4. The van der Waals surface area contributed by atoms with E-state index in [-0.39, 0.29) is 12.5 Å². The molecule has 0 spiro atoms. The maximum atomic E-state index is 10.9. The lowest BCUT2D eigenvalue weighted by Crippen LogP contribution is -2.19. The lowest BCUT2D eigenvalue weighted by molar-refractivity contribution is -0.138. The van der Waals surface area contributed by atoms with E-state index in [9.17, 15) is 4.79 Å². The van der Waals surface area contributed by atoms with E-state index in [2.05, 4.69) is 15.5 Å². The van der Waals surface area contributed by atoms with Crippen LogP contribution in [0.2, 0.25) is 0 Å². The molecule has 1 atom stereocenters. The fraction of sp³-hybridized carbons (Fsp3) is 0.818. The van der Waals surface area contributed by atoms with Gasteiger partial charge in [0, 0.05) is 6.42 Å². The fourth-order valence-corrected chi connectivity index (χ4v) is 2.30. The van der Waals surface area contributed by atoms with Crippen molar-refractivity contribution in [3.63, 3.8) is 0 Å². The Balaban J connectivity index is 1.78. The van der Waals surface area contributed by atoms with Crippen molar-refractivity contribution in [2.45, 2.75) is 44.6 Å². The highest BCUT2D eigenvalue weighted by Gasteiger charge is 2.37.